The lowest BCUT2D eigenvalue weighted by Crippen LogP contribution is -2.47. The Kier molecular flexibility index (Phi) is 8.76. The Balaban J connectivity index is 1.52. The van der Waals surface area contributed by atoms with Gasteiger partial charge in [0.05, 0.1) is 0 Å². The molecule has 1 N–H and O–H groups in total. The number of nitrogens with zero attached hydrogens (tertiary/aromatic N) is 2. The van der Waals surface area contributed by atoms with E-state index in [4.69, 9.17) is 4.74 Å². The number of carbonyl (C=O) groups excluding carboxylic acids is 1. The van der Waals surface area contributed by atoms with E-state index < -0.39 is 17.0 Å². The minimum Gasteiger partial charge on any atom is -0.478 e. The molecule has 1 saturated heterocycles. The summed E-state index contributed by atoms with van der Waals surface area (Å²) in [4.78, 5) is 29.7. The summed E-state index contributed by atoms with van der Waals surface area (Å²) in [6.45, 7) is 5.75. The molecule has 0 spiro atoms. The van der Waals surface area contributed by atoms with Crippen LogP contribution in [0.25, 0.3) is 0 Å². The van der Waals surface area contributed by atoms with Crippen molar-refractivity contribution in [2.24, 2.45) is 0 Å². The first kappa shape index (κ1) is 28.4. The van der Waals surface area contributed by atoms with E-state index in [2.05, 4.69) is 35.2 Å². The normalized spacial score (nSPS) is 15.1. The first-order valence-corrected chi connectivity index (χ1v) is 13.7. The second-order valence-electron chi connectivity index (χ2n) is 11.2. The van der Waals surface area contributed by atoms with E-state index in [0.29, 0.717) is 18.1 Å². The van der Waals surface area contributed by atoms with Crippen molar-refractivity contribution in [3.63, 3.8) is 0 Å². The smallest absolute Gasteiger partial charge is 0.347 e. The summed E-state index contributed by atoms with van der Waals surface area (Å²) in [5.74, 6) is 0.0344. The predicted octanol–water partition coefficient (Wildman–Crippen LogP) is 5.57. The maximum Gasteiger partial charge on any atom is 0.347 e. The summed E-state index contributed by atoms with van der Waals surface area (Å²) in [6, 6.07) is 28.1. The van der Waals surface area contributed by atoms with E-state index in [-0.39, 0.29) is 5.91 Å². The van der Waals surface area contributed by atoms with Crippen molar-refractivity contribution < 1.29 is 19.4 Å². The molecule has 1 aliphatic heterocycles. The molecule has 206 valence electrons. The number of hydrogen-bond acceptors (Lipinski definition) is 4. The van der Waals surface area contributed by atoms with Crippen LogP contribution in [0.2, 0.25) is 0 Å². The molecule has 1 amide bonds. The van der Waals surface area contributed by atoms with Gasteiger partial charge in [-0.2, -0.15) is 0 Å². The minimum atomic E-state index is -1.30. The molecule has 39 heavy (non-hydrogen) atoms. The van der Waals surface area contributed by atoms with Crippen molar-refractivity contribution in [1.82, 2.24) is 9.80 Å². The highest BCUT2D eigenvalue weighted by Gasteiger charge is 2.43. The maximum atomic E-state index is 13.9. The number of para-hydroxylation sites is 1. The number of rotatable bonds is 10. The van der Waals surface area contributed by atoms with Gasteiger partial charge in [0.15, 0.2) is 5.60 Å². The maximum absolute atomic E-state index is 13.9. The number of hydrogen-bond donors (Lipinski definition) is 1. The van der Waals surface area contributed by atoms with Gasteiger partial charge < -0.3 is 19.6 Å². The average Bonchev–Trinajstić information content (AvgIpc) is 2.95. The van der Waals surface area contributed by atoms with Gasteiger partial charge in [-0.1, -0.05) is 78.9 Å². The van der Waals surface area contributed by atoms with Crippen LogP contribution in [0, 0.1) is 0 Å². The van der Waals surface area contributed by atoms with Crippen molar-refractivity contribution in [2.75, 3.05) is 33.7 Å². The molecule has 0 saturated carbocycles. The van der Waals surface area contributed by atoms with Gasteiger partial charge in [-0.05, 0) is 81.4 Å². The van der Waals surface area contributed by atoms with Gasteiger partial charge in [-0.25, -0.2) is 4.79 Å². The Morgan fingerprint density at radius 1 is 0.872 bits per heavy atom. The summed E-state index contributed by atoms with van der Waals surface area (Å²) in [7, 11) is 3.67. The number of carboxylic acid groups (broad SMARTS) is 1. The molecule has 3 aromatic carbocycles. The standard InChI is InChI=1S/C33H40N2O4/c1-32(2,31(37)38)39-29-18-12-11-17-28(29)25-19-22-35(23-20-25)24-21-33(30(36)34(3)4,26-13-7-5-8-14-26)27-15-9-6-10-16-27/h5-18,25H,19-24H2,1-4H3,(H,37,38). The van der Waals surface area contributed by atoms with Gasteiger partial charge in [-0.15, -0.1) is 0 Å². The lowest BCUT2D eigenvalue weighted by Gasteiger charge is -2.39. The highest BCUT2D eigenvalue weighted by molar-refractivity contribution is 5.92. The van der Waals surface area contributed by atoms with E-state index >= 15 is 0 Å². The van der Waals surface area contributed by atoms with Crippen LogP contribution in [-0.2, 0) is 15.0 Å². The average molecular weight is 529 g/mol. The molecule has 6 heteroatoms. The molecule has 1 aliphatic rings. The Hall–Kier alpha value is -3.64. The third kappa shape index (κ3) is 6.17. The lowest BCUT2D eigenvalue weighted by molar-refractivity contribution is -0.152. The third-order valence-electron chi connectivity index (χ3n) is 7.93. The fourth-order valence-corrected chi connectivity index (χ4v) is 5.66. The molecule has 1 heterocycles. The van der Waals surface area contributed by atoms with E-state index in [9.17, 15) is 14.7 Å². The number of benzene rings is 3. The molecule has 4 rings (SSSR count). The molecule has 0 unspecified atom stereocenters. The fraction of sp³-hybridized carbons (Fsp3) is 0.394. The van der Waals surface area contributed by atoms with Crippen LogP contribution in [0.5, 0.6) is 5.75 Å². The van der Waals surface area contributed by atoms with Crippen LogP contribution in [0.1, 0.15) is 55.7 Å². The number of piperidine rings is 1. The second-order valence-corrected chi connectivity index (χ2v) is 11.2. The predicted molar refractivity (Wildman–Crippen MR) is 154 cm³/mol. The molecule has 0 bridgehead atoms. The SMILES string of the molecule is CN(C)C(=O)C(CCN1CCC(c2ccccc2OC(C)(C)C(=O)O)CC1)(c1ccccc1)c1ccccc1. The molecule has 1 fully saturated rings. The highest BCUT2D eigenvalue weighted by atomic mass is 16.5. The molecule has 0 aromatic heterocycles. The quantitative estimate of drug-likeness (QED) is 0.372. The number of amides is 1. The number of carbonyl (C=O) groups is 2. The molecular formula is C33H40N2O4. The van der Waals surface area contributed by atoms with Crippen molar-refractivity contribution in [1.29, 1.82) is 0 Å². The zero-order valence-electron chi connectivity index (χ0n) is 23.5. The number of likely N-dealkylation sites (tertiary alicyclic amines) is 1. The second kappa shape index (κ2) is 12.0. The Morgan fingerprint density at radius 2 is 1.38 bits per heavy atom. The number of aliphatic carboxylic acids is 1. The van der Waals surface area contributed by atoms with E-state index in [1.165, 1.54) is 0 Å². The monoisotopic (exact) mass is 528 g/mol. The van der Waals surface area contributed by atoms with Gasteiger partial charge in [0.1, 0.15) is 11.2 Å². The highest BCUT2D eigenvalue weighted by Crippen LogP contribution is 2.39. The Bertz CT molecular complexity index is 1210. The zero-order chi connectivity index (χ0) is 28.0. The summed E-state index contributed by atoms with van der Waals surface area (Å²) in [5, 5.41) is 9.54. The summed E-state index contributed by atoms with van der Waals surface area (Å²) < 4.78 is 5.96. The van der Waals surface area contributed by atoms with Crippen LogP contribution >= 0.6 is 0 Å². The Labute approximate surface area is 232 Å². The topological polar surface area (TPSA) is 70.1 Å². The van der Waals surface area contributed by atoms with Gasteiger partial charge in [0.25, 0.3) is 0 Å². The van der Waals surface area contributed by atoms with Crippen LogP contribution < -0.4 is 4.74 Å². The molecular weight excluding hydrogens is 488 g/mol. The summed E-state index contributed by atoms with van der Waals surface area (Å²) in [5.41, 5.74) is 1.02. The number of ether oxygens (including phenoxy) is 1. The van der Waals surface area contributed by atoms with E-state index in [1.807, 2.05) is 68.7 Å². The molecule has 0 aliphatic carbocycles. The zero-order valence-corrected chi connectivity index (χ0v) is 23.5. The van der Waals surface area contributed by atoms with Crippen LogP contribution in [0.3, 0.4) is 0 Å². The van der Waals surface area contributed by atoms with Crippen LogP contribution in [0.4, 0.5) is 0 Å². The summed E-state index contributed by atoms with van der Waals surface area (Å²) >= 11 is 0. The van der Waals surface area contributed by atoms with Gasteiger partial charge in [-0.3, -0.25) is 4.79 Å². The molecule has 0 radical (unpaired) electrons. The minimum absolute atomic E-state index is 0.0851. The van der Waals surface area contributed by atoms with Crippen LogP contribution in [-0.4, -0.2) is 66.1 Å². The molecule has 3 aromatic rings. The van der Waals surface area contributed by atoms with Crippen molar-refractivity contribution in [3.8, 4) is 5.75 Å². The van der Waals surface area contributed by atoms with Crippen molar-refractivity contribution >= 4 is 11.9 Å². The molecule has 6 nitrogen and oxygen atoms in total. The largest absolute Gasteiger partial charge is 0.478 e. The first-order chi connectivity index (χ1) is 18.6. The van der Waals surface area contributed by atoms with Gasteiger partial charge in [0, 0.05) is 14.1 Å². The Morgan fingerprint density at radius 3 is 1.90 bits per heavy atom. The van der Waals surface area contributed by atoms with E-state index in [1.54, 1.807) is 18.7 Å². The van der Waals surface area contributed by atoms with Gasteiger partial charge in [0.2, 0.25) is 5.91 Å². The van der Waals surface area contributed by atoms with Crippen molar-refractivity contribution in [3.05, 3.63) is 102 Å². The fourth-order valence-electron chi connectivity index (χ4n) is 5.66. The number of carboxylic acids is 1. The van der Waals surface area contributed by atoms with E-state index in [0.717, 1.165) is 49.2 Å². The van der Waals surface area contributed by atoms with Crippen LogP contribution in [0.15, 0.2) is 84.9 Å². The van der Waals surface area contributed by atoms with Gasteiger partial charge >= 0.3 is 5.97 Å². The first-order valence-electron chi connectivity index (χ1n) is 13.7. The third-order valence-corrected chi connectivity index (χ3v) is 7.93. The summed E-state index contributed by atoms with van der Waals surface area (Å²) in [6.07, 6.45) is 2.56. The van der Waals surface area contributed by atoms with Crippen molar-refractivity contribution in [2.45, 2.75) is 50.0 Å². The lowest BCUT2D eigenvalue weighted by atomic mass is 9.70. The number of likely N-dealkylation sites (N-methyl/N-ethyl adjacent to an activating group) is 1. The molecule has 0 atom stereocenters.